The zero-order valence-corrected chi connectivity index (χ0v) is 15.5. The Morgan fingerprint density at radius 1 is 1.23 bits per heavy atom. The zero-order valence-electron chi connectivity index (χ0n) is 15.5. The summed E-state index contributed by atoms with van der Waals surface area (Å²) in [6.45, 7) is 3.63. The average molecular weight is 367 g/mol. The van der Waals surface area contributed by atoms with E-state index < -0.39 is 29.9 Å². The van der Waals surface area contributed by atoms with Crippen molar-refractivity contribution in [1.29, 1.82) is 0 Å². The summed E-state index contributed by atoms with van der Waals surface area (Å²) in [7, 11) is 2.55. The van der Waals surface area contributed by atoms with Gasteiger partial charge in [0, 0.05) is 0 Å². The number of nitrogens with zero attached hydrogens (tertiary/aromatic N) is 1. The first-order valence-electron chi connectivity index (χ1n) is 8.26. The molecular weight excluding hydrogens is 342 g/mol. The van der Waals surface area contributed by atoms with Gasteiger partial charge in [0.2, 0.25) is 0 Å². The first-order chi connectivity index (χ1) is 12.4. The van der Waals surface area contributed by atoms with Gasteiger partial charge in [-0.15, -0.1) is 0 Å². The van der Waals surface area contributed by atoms with Crippen LogP contribution in [0.3, 0.4) is 0 Å². The lowest BCUT2D eigenvalue weighted by molar-refractivity contribution is -0.232. The monoisotopic (exact) mass is 367 g/mol. The van der Waals surface area contributed by atoms with E-state index in [1.807, 2.05) is 30.3 Å². The highest BCUT2D eigenvalue weighted by Gasteiger charge is 2.44. The van der Waals surface area contributed by atoms with Crippen LogP contribution in [0.1, 0.15) is 19.4 Å². The first-order valence-corrected chi connectivity index (χ1v) is 8.26. The quantitative estimate of drug-likeness (QED) is 0.502. The normalized spacial score (nSPS) is 20.0. The van der Waals surface area contributed by atoms with Gasteiger partial charge in [0.1, 0.15) is 6.10 Å². The van der Waals surface area contributed by atoms with Crippen LogP contribution >= 0.6 is 0 Å². The molecule has 1 aromatic rings. The molecule has 0 unspecified atom stereocenters. The smallest absolute Gasteiger partial charge is 0.333 e. The molecule has 0 radical (unpaired) electrons. The van der Waals surface area contributed by atoms with Gasteiger partial charge >= 0.3 is 11.9 Å². The lowest BCUT2D eigenvalue weighted by atomic mass is 10.1. The van der Waals surface area contributed by atoms with E-state index in [1.165, 1.54) is 19.3 Å². The van der Waals surface area contributed by atoms with Crippen molar-refractivity contribution in [3.05, 3.63) is 35.9 Å². The summed E-state index contributed by atoms with van der Waals surface area (Å²) in [4.78, 5) is 29.6. The van der Waals surface area contributed by atoms with E-state index in [-0.39, 0.29) is 19.8 Å². The number of carbonyl (C=O) groups is 2. The van der Waals surface area contributed by atoms with Gasteiger partial charge in [0.15, 0.2) is 18.4 Å². The van der Waals surface area contributed by atoms with Crippen molar-refractivity contribution in [3.8, 4) is 0 Å². The SMILES string of the molecule is COC(=O)CON(Cc1ccccc1)[C@H](C(=O)OC)[C@H]1COC(C)(C)O1. The van der Waals surface area contributed by atoms with Crippen molar-refractivity contribution in [3.63, 3.8) is 0 Å². The predicted molar refractivity (Wildman–Crippen MR) is 90.7 cm³/mol. The number of benzene rings is 1. The fraction of sp³-hybridized carbons (Fsp3) is 0.556. The Hall–Kier alpha value is -2.00. The van der Waals surface area contributed by atoms with Crippen molar-refractivity contribution >= 4 is 11.9 Å². The van der Waals surface area contributed by atoms with Gasteiger partial charge in [-0.05, 0) is 19.4 Å². The van der Waals surface area contributed by atoms with Crippen LogP contribution in [0.15, 0.2) is 30.3 Å². The minimum absolute atomic E-state index is 0.194. The Kier molecular flexibility index (Phi) is 7.10. The van der Waals surface area contributed by atoms with Crippen LogP contribution in [0, 0.1) is 0 Å². The van der Waals surface area contributed by atoms with Crippen LogP contribution in [0.2, 0.25) is 0 Å². The third-order valence-electron chi connectivity index (χ3n) is 3.89. The third-order valence-corrected chi connectivity index (χ3v) is 3.89. The van der Waals surface area contributed by atoms with E-state index in [4.69, 9.17) is 19.0 Å². The Morgan fingerprint density at radius 3 is 2.46 bits per heavy atom. The number of ether oxygens (including phenoxy) is 4. The van der Waals surface area contributed by atoms with Crippen molar-refractivity contribution in [2.24, 2.45) is 0 Å². The summed E-state index contributed by atoms with van der Waals surface area (Å²) in [5.41, 5.74) is 0.893. The van der Waals surface area contributed by atoms with Gasteiger partial charge < -0.3 is 18.9 Å². The number of rotatable bonds is 8. The number of hydrogen-bond donors (Lipinski definition) is 0. The minimum atomic E-state index is -0.911. The van der Waals surface area contributed by atoms with E-state index in [2.05, 4.69) is 4.74 Å². The fourth-order valence-electron chi connectivity index (χ4n) is 2.63. The van der Waals surface area contributed by atoms with Crippen LogP contribution in [-0.2, 0) is 39.9 Å². The molecule has 8 nitrogen and oxygen atoms in total. The van der Waals surface area contributed by atoms with Gasteiger partial charge in [-0.3, -0.25) is 9.63 Å². The largest absolute Gasteiger partial charge is 0.468 e. The molecular formula is C18H25NO7. The molecule has 2 rings (SSSR count). The number of methoxy groups -OCH3 is 2. The van der Waals surface area contributed by atoms with Crippen LogP contribution in [-0.4, -0.2) is 62.4 Å². The minimum Gasteiger partial charge on any atom is -0.468 e. The second-order valence-corrected chi connectivity index (χ2v) is 6.25. The molecule has 1 aromatic carbocycles. The molecule has 0 bridgehead atoms. The summed E-state index contributed by atoms with van der Waals surface area (Å²) in [6, 6.07) is 8.50. The number of hydroxylamine groups is 2. The van der Waals surface area contributed by atoms with Crippen molar-refractivity contribution in [2.75, 3.05) is 27.4 Å². The molecule has 1 aliphatic heterocycles. The maximum absolute atomic E-state index is 12.5. The highest BCUT2D eigenvalue weighted by atomic mass is 16.8. The Bertz CT molecular complexity index is 605. The third kappa shape index (κ3) is 5.50. The molecule has 1 heterocycles. The molecule has 0 aliphatic carbocycles. The summed E-state index contributed by atoms with van der Waals surface area (Å²) in [5.74, 6) is -1.93. The maximum atomic E-state index is 12.5. The second kappa shape index (κ2) is 9.09. The molecule has 1 aliphatic rings. The highest BCUT2D eigenvalue weighted by Crippen LogP contribution is 2.27. The van der Waals surface area contributed by atoms with Crippen molar-refractivity contribution in [2.45, 2.75) is 38.3 Å². The standard InChI is InChI=1S/C18H25NO7/c1-18(2)24-11-14(26-18)16(17(21)23-4)19(25-12-15(20)22-3)10-13-8-6-5-7-9-13/h5-9,14,16H,10-12H2,1-4H3/t14-,16+/m1/s1. The molecule has 0 amide bonds. The average Bonchev–Trinajstić information content (AvgIpc) is 2.99. The van der Waals surface area contributed by atoms with E-state index in [1.54, 1.807) is 13.8 Å². The lowest BCUT2D eigenvalue weighted by Crippen LogP contribution is -2.51. The predicted octanol–water partition coefficient (Wildman–Crippen LogP) is 1.29. The lowest BCUT2D eigenvalue weighted by Gasteiger charge is -2.32. The Morgan fingerprint density at radius 2 is 1.92 bits per heavy atom. The van der Waals surface area contributed by atoms with E-state index in [9.17, 15) is 9.59 Å². The Labute approximate surface area is 152 Å². The van der Waals surface area contributed by atoms with E-state index >= 15 is 0 Å². The number of esters is 2. The summed E-state index contributed by atoms with van der Waals surface area (Å²) in [6.07, 6.45) is -0.612. The maximum Gasteiger partial charge on any atom is 0.333 e. The number of hydrogen-bond acceptors (Lipinski definition) is 8. The van der Waals surface area contributed by atoms with Crippen molar-refractivity contribution < 1.29 is 33.4 Å². The molecule has 2 atom stereocenters. The molecule has 0 saturated carbocycles. The topological polar surface area (TPSA) is 83.5 Å². The summed E-state index contributed by atoms with van der Waals surface area (Å²) < 4.78 is 20.9. The highest BCUT2D eigenvalue weighted by molar-refractivity contribution is 5.76. The van der Waals surface area contributed by atoms with Crippen LogP contribution in [0.25, 0.3) is 0 Å². The molecule has 0 spiro atoms. The van der Waals surface area contributed by atoms with Gasteiger partial charge in [-0.1, -0.05) is 30.3 Å². The van der Waals surface area contributed by atoms with Crippen LogP contribution in [0.4, 0.5) is 0 Å². The Balaban J connectivity index is 2.24. The van der Waals surface area contributed by atoms with Crippen molar-refractivity contribution in [1.82, 2.24) is 5.06 Å². The molecule has 144 valence electrons. The van der Waals surface area contributed by atoms with E-state index in [0.717, 1.165) is 5.56 Å². The summed E-state index contributed by atoms with van der Waals surface area (Å²) >= 11 is 0. The van der Waals surface area contributed by atoms with Gasteiger partial charge in [-0.25, -0.2) is 4.79 Å². The van der Waals surface area contributed by atoms with Gasteiger partial charge in [-0.2, -0.15) is 5.06 Å². The van der Waals surface area contributed by atoms with Gasteiger partial charge in [0.25, 0.3) is 0 Å². The zero-order chi connectivity index (χ0) is 19.2. The van der Waals surface area contributed by atoms with Gasteiger partial charge in [0.05, 0.1) is 27.4 Å². The molecule has 8 heteroatoms. The number of carbonyl (C=O) groups excluding carboxylic acids is 2. The van der Waals surface area contributed by atoms with Crippen LogP contribution < -0.4 is 0 Å². The summed E-state index contributed by atoms with van der Waals surface area (Å²) in [5, 5.41) is 1.38. The fourth-order valence-corrected chi connectivity index (χ4v) is 2.63. The molecule has 26 heavy (non-hydrogen) atoms. The van der Waals surface area contributed by atoms with E-state index in [0.29, 0.717) is 0 Å². The molecule has 0 N–H and O–H groups in total. The van der Waals surface area contributed by atoms with Crippen LogP contribution in [0.5, 0.6) is 0 Å². The molecule has 1 fully saturated rings. The molecule has 0 aromatic heterocycles. The first kappa shape index (κ1) is 20.3. The second-order valence-electron chi connectivity index (χ2n) is 6.25. The molecule has 1 saturated heterocycles.